The molecular formula is C9H6ClF3N2O2S. The Hall–Kier alpha value is -1.28. The summed E-state index contributed by atoms with van der Waals surface area (Å²) in [5, 5.41) is -2.83. The third-order valence-corrected chi connectivity index (χ3v) is 3.84. The Morgan fingerprint density at radius 2 is 2.00 bits per heavy atom. The van der Waals surface area contributed by atoms with Crippen LogP contribution in [0, 0.1) is 0 Å². The molecule has 1 atom stereocenters. The molecule has 98 valence electrons. The highest BCUT2D eigenvalue weighted by molar-refractivity contribution is 8.14. The van der Waals surface area contributed by atoms with E-state index in [0.717, 1.165) is 6.20 Å². The van der Waals surface area contributed by atoms with Gasteiger partial charge in [-0.15, -0.1) is 0 Å². The zero-order valence-corrected chi connectivity index (χ0v) is 10.2. The van der Waals surface area contributed by atoms with Crippen molar-refractivity contribution in [1.29, 1.82) is 0 Å². The smallest absolute Gasteiger partial charge is 0.307 e. The SMILES string of the molecule is O=S(=O)(Cl)C(c1cn2ccccc2n1)C(F)(F)F. The molecule has 0 saturated carbocycles. The molecule has 0 aliphatic heterocycles. The van der Waals surface area contributed by atoms with Gasteiger partial charge in [-0.2, -0.15) is 13.2 Å². The second-order valence-electron chi connectivity index (χ2n) is 3.53. The molecule has 0 spiro atoms. The first-order valence-electron chi connectivity index (χ1n) is 4.63. The molecular weight excluding hydrogens is 293 g/mol. The molecule has 0 fully saturated rings. The highest BCUT2D eigenvalue weighted by atomic mass is 35.7. The minimum Gasteiger partial charge on any atom is -0.307 e. The fourth-order valence-corrected chi connectivity index (χ4v) is 2.85. The number of aromatic nitrogens is 2. The van der Waals surface area contributed by atoms with Gasteiger partial charge in [0.1, 0.15) is 5.65 Å². The lowest BCUT2D eigenvalue weighted by Gasteiger charge is -2.14. The van der Waals surface area contributed by atoms with Gasteiger partial charge >= 0.3 is 6.18 Å². The number of fused-ring (bicyclic) bond motifs is 1. The van der Waals surface area contributed by atoms with Gasteiger partial charge in [-0.05, 0) is 12.1 Å². The average molecular weight is 299 g/mol. The van der Waals surface area contributed by atoms with Gasteiger partial charge in [0.25, 0.3) is 0 Å². The second-order valence-corrected chi connectivity index (χ2v) is 6.24. The number of halogens is 4. The Morgan fingerprint density at radius 1 is 1.33 bits per heavy atom. The molecule has 9 heteroatoms. The molecule has 2 rings (SSSR count). The Labute approximate surface area is 104 Å². The number of hydrogen-bond acceptors (Lipinski definition) is 3. The molecule has 0 amide bonds. The van der Waals surface area contributed by atoms with Crippen LogP contribution in [-0.2, 0) is 9.05 Å². The molecule has 4 nitrogen and oxygen atoms in total. The van der Waals surface area contributed by atoms with Gasteiger partial charge in [-0.1, -0.05) is 6.07 Å². The van der Waals surface area contributed by atoms with Crippen molar-refractivity contribution in [2.75, 3.05) is 0 Å². The fraction of sp³-hybridized carbons (Fsp3) is 0.222. The minimum atomic E-state index is -5.02. The van der Waals surface area contributed by atoms with Crippen LogP contribution in [0.4, 0.5) is 13.2 Å². The van der Waals surface area contributed by atoms with E-state index >= 15 is 0 Å². The predicted octanol–water partition coefficient (Wildman–Crippen LogP) is 2.51. The Morgan fingerprint density at radius 3 is 2.50 bits per heavy atom. The normalized spacial score (nSPS) is 14.9. The lowest BCUT2D eigenvalue weighted by molar-refractivity contribution is -0.131. The van der Waals surface area contributed by atoms with E-state index in [-0.39, 0.29) is 5.65 Å². The van der Waals surface area contributed by atoms with E-state index < -0.39 is 26.2 Å². The number of alkyl halides is 3. The highest BCUT2D eigenvalue weighted by Crippen LogP contribution is 2.40. The van der Waals surface area contributed by atoms with Gasteiger partial charge in [0, 0.05) is 23.1 Å². The maximum Gasteiger partial charge on any atom is 0.412 e. The van der Waals surface area contributed by atoms with Gasteiger partial charge in [-0.25, -0.2) is 13.4 Å². The van der Waals surface area contributed by atoms with Crippen LogP contribution >= 0.6 is 10.7 Å². The number of pyridine rings is 1. The summed E-state index contributed by atoms with van der Waals surface area (Å²) in [5.74, 6) is 0. The van der Waals surface area contributed by atoms with Gasteiger partial charge in [0.2, 0.25) is 14.3 Å². The molecule has 0 saturated heterocycles. The zero-order valence-electron chi connectivity index (χ0n) is 8.60. The number of rotatable bonds is 2. The molecule has 0 aliphatic rings. The van der Waals surface area contributed by atoms with Crippen LogP contribution in [0.15, 0.2) is 30.6 Å². The third-order valence-electron chi connectivity index (χ3n) is 2.23. The Bertz CT molecular complexity index is 647. The first kappa shape index (κ1) is 13.2. The van der Waals surface area contributed by atoms with Crippen molar-refractivity contribution >= 4 is 25.4 Å². The van der Waals surface area contributed by atoms with Crippen LogP contribution in [-0.4, -0.2) is 24.0 Å². The van der Waals surface area contributed by atoms with Crippen molar-refractivity contribution in [2.24, 2.45) is 0 Å². The minimum absolute atomic E-state index is 0.210. The van der Waals surface area contributed by atoms with Crippen molar-refractivity contribution < 1.29 is 21.6 Å². The van der Waals surface area contributed by atoms with Crippen LogP contribution < -0.4 is 0 Å². The molecule has 0 N–H and O–H groups in total. The van der Waals surface area contributed by atoms with E-state index in [1.807, 2.05) is 0 Å². The van der Waals surface area contributed by atoms with Gasteiger partial charge < -0.3 is 4.40 Å². The van der Waals surface area contributed by atoms with Crippen molar-refractivity contribution in [3.8, 4) is 0 Å². The van der Waals surface area contributed by atoms with Crippen molar-refractivity contribution in [1.82, 2.24) is 9.38 Å². The first-order chi connectivity index (χ1) is 8.19. The van der Waals surface area contributed by atoms with Crippen LogP contribution in [0.2, 0.25) is 0 Å². The lowest BCUT2D eigenvalue weighted by Crippen LogP contribution is -2.26. The molecule has 18 heavy (non-hydrogen) atoms. The van der Waals surface area contributed by atoms with E-state index in [1.54, 1.807) is 12.1 Å². The summed E-state index contributed by atoms with van der Waals surface area (Å²) in [6.07, 6.45) is -2.56. The molecule has 1 unspecified atom stereocenters. The Balaban J connectivity index is 2.63. The summed E-state index contributed by atoms with van der Waals surface area (Å²) >= 11 is 0. The Kier molecular flexibility index (Phi) is 3.02. The van der Waals surface area contributed by atoms with Crippen LogP contribution in [0.5, 0.6) is 0 Å². The monoisotopic (exact) mass is 298 g/mol. The van der Waals surface area contributed by atoms with Gasteiger partial charge in [0.15, 0.2) is 0 Å². The first-order valence-corrected chi connectivity index (χ1v) is 7.00. The summed E-state index contributed by atoms with van der Waals surface area (Å²) in [6, 6.07) is 4.61. The largest absolute Gasteiger partial charge is 0.412 e. The van der Waals surface area contributed by atoms with Crippen molar-refractivity contribution in [3.63, 3.8) is 0 Å². The molecule has 0 aromatic carbocycles. The van der Waals surface area contributed by atoms with Crippen LogP contribution in [0.1, 0.15) is 10.9 Å². The van der Waals surface area contributed by atoms with Crippen molar-refractivity contribution in [3.05, 3.63) is 36.3 Å². The fourth-order valence-electron chi connectivity index (χ4n) is 1.55. The lowest BCUT2D eigenvalue weighted by atomic mass is 10.3. The summed E-state index contributed by atoms with van der Waals surface area (Å²) in [5.41, 5.74) is -0.439. The summed E-state index contributed by atoms with van der Waals surface area (Å²) < 4.78 is 61.5. The zero-order chi connectivity index (χ0) is 13.6. The van der Waals surface area contributed by atoms with E-state index in [2.05, 4.69) is 4.98 Å². The second kappa shape index (κ2) is 4.13. The summed E-state index contributed by atoms with van der Waals surface area (Å²) in [6.45, 7) is 0. The number of hydrogen-bond donors (Lipinski definition) is 0. The molecule has 2 aromatic rings. The number of imidazole rings is 1. The molecule has 2 heterocycles. The van der Waals surface area contributed by atoms with E-state index in [0.29, 0.717) is 0 Å². The summed E-state index contributed by atoms with van der Waals surface area (Å²) in [7, 11) is -0.00303. The van der Waals surface area contributed by atoms with Gasteiger partial charge in [-0.3, -0.25) is 0 Å². The van der Waals surface area contributed by atoms with Crippen molar-refractivity contribution in [2.45, 2.75) is 11.4 Å². The van der Waals surface area contributed by atoms with E-state index in [9.17, 15) is 21.6 Å². The predicted molar refractivity (Wildman–Crippen MR) is 58.8 cm³/mol. The molecule has 0 radical (unpaired) electrons. The topological polar surface area (TPSA) is 51.4 Å². The van der Waals surface area contributed by atoms with E-state index in [4.69, 9.17) is 10.7 Å². The van der Waals surface area contributed by atoms with Crippen LogP contribution in [0.3, 0.4) is 0 Å². The average Bonchev–Trinajstić information content (AvgIpc) is 2.54. The maximum atomic E-state index is 12.7. The van der Waals surface area contributed by atoms with E-state index in [1.165, 1.54) is 16.7 Å². The molecule has 0 aliphatic carbocycles. The quantitative estimate of drug-likeness (QED) is 0.801. The highest BCUT2D eigenvalue weighted by Gasteiger charge is 2.50. The molecule has 2 aromatic heterocycles. The number of nitrogens with zero attached hydrogens (tertiary/aromatic N) is 2. The molecule has 0 bridgehead atoms. The standard InChI is InChI=1S/C9H6ClF3N2O2S/c10-18(16,17)8(9(11,12)13)6-5-15-4-2-1-3-7(15)14-6/h1-5,8H. The maximum absolute atomic E-state index is 12.7. The van der Waals surface area contributed by atoms with Gasteiger partial charge in [0.05, 0.1) is 5.69 Å². The summed E-state index contributed by atoms with van der Waals surface area (Å²) in [4.78, 5) is 3.63. The third kappa shape index (κ3) is 2.44. The van der Waals surface area contributed by atoms with Crippen LogP contribution in [0.25, 0.3) is 5.65 Å².